The second-order valence-corrected chi connectivity index (χ2v) is 10.5. The number of amides is 2. The van der Waals surface area contributed by atoms with Crippen LogP contribution in [0.3, 0.4) is 0 Å². The standard InChI is InChI=1S/C28H37N5O2/c1-18-16-26(30-19(2)29-18)33-14-12-23(13-15-33)32(3)28(35)22-8-10-24-21(17-22)9-11-25(24)31-27(34)20-6-4-5-7-20/h8,10,16-17,20,23,25H,4-7,9,11-15H2,1-3H3,(H,31,34). The quantitative estimate of drug-likeness (QED) is 0.704. The molecule has 186 valence electrons. The fraction of sp³-hybridized carbons (Fsp3) is 0.571. The molecule has 1 aromatic heterocycles. The number of rotatable bonds is 5. The van der Waals surface area contributed by atoms with E-state index in [2.05, 4.69) is 32.3 Å². The molecule has 1 unspecified atom stereocenters. The average Bonchev–Trinajstić information content (AvgIpc) is 3.53. The number of anilines is 1. The van der Waals surface area contributed by atoms with Crippen LogP contribution in [-0.2, 0) is 11.2 Å². The van der Waals surface area contributed by atoms with Crippen molar-refractivity contribution in [1.82, 2.24) is 20.2 Å². The molecular weight excluding hydrogens is 438 g/mol. The van der Waals surface area contributed by atoms with Gasteiger partial charge >= 0.3 is 0 Å². The van der Waals surface area contributed by atoms with Crippen LogP contribution in [0.1, 0.15) is 84.0 Å². The molecule has 2 heterocycles. The van der Waals surface area contributed by atoms with Crippen molar-refractivity contribution < 1.29 is 9.59 Å². The van der Waals surface area contributed by atoms with Gasteiger partial charge in [0, 0.05) is 49.4 Å². The molecule has 1 N–H and O–H groups in total. The first-order valence-corrected chi connectivity index (χ1v) is 13.2. The van der Waals surface area contributed by atoms with Gasteiger partial charge in [-0.25, -0.2) is 9.97 Å². The summed E-state index contributed by atoms with van der Waals surface area (Å²) in [5.41, 5.74) is 4.11. The zero-order valence-electron chi connectivity index (χ0n) is 21.2. The van der Waals surface area contributed by atoms with Crippen LogP contribution in [0.5, 0.6) is 0 Å². The van der Waals surface area contributed by atoms with Crippen molar-refractivity contribution in [3.8, 4) is 0 Å². The Balaban J connectivity index is 1.19. The van der Waals surface area contributed by atoms with E-state index in [1.54, 1.807) is 0 Å². The van der Waals surface area contributed by atoms with Crippen molar-refractivity contribution in [3.05, 3.63) is 52.5 Å². The minimum atomic E-state index is 0.0818. The first-order chi connectivity index (χ1) is 16.9. The van der Waals surface area contributed by atoms with Crippen LogP contribution >= 0.6 is 0 Å². The molecule has 7 heteroatoms. The maximum absolute atomic E-state index is 13.3. The molecule has 0 bridgehead atoms. The highest BCUT2D eigenvalue weighted by atomic mass is 16.2. The summed E-state index contributed by atoms with van der Waals surface area (Å²) in [6, 6.07) is 8.39. The predicted molar refractivity (Wildman–Crippen MR) is 136 cm³/mol. The Morgan fingerprint density at radius 2 is 1.74 bits per heavy atom. The van der Waals surface area contributed by atoms with Crippen LogP contribution < -0.4 is 10.2 Å². The zero-order chi connectivity index (χ0) is 24.5. The molecule has 2 aliphatic carbocycles. The highest BCUT2D eigenvalue weighted by Crippen LogP contribution is 2.34. The summed E-state index contributed by atoms with van der Waals surface area (Å²) in [6.07, 6.45) is 8.03. The van der Waals surface area contributed by atoms with Crippen molar-refractivity contribution in [2.45, 2.75) is 77.3 Å². The lowest BCUT2D eigenvalue weighted by atomic mass is 10.0. The minimum Gasteiger partial charge on any atom is -0.356 e. The van der Waals surface area contributed by atoms with E-state index >= 15 is 0 Å². The van der Waals surface area contributed by atoms with Gasteiger partial charge < -0.3 is 15.1 Å². The fourth-order valence-electron chi connectivity index (χ4n) is 6.09. The summed E-state index contributed by atoms with van der Waals surface area (Å²) >= 11 is 0. The number of piperidine rings is 1. The molecule has 1 aliphatic heterocycles. The van der Waals surface area contributed by atoms with Crippen LogP contribution in [-0.4, -0.2) is 52.9 Å². The van der Waals surface area contributed by atoms with Gasteiger partial charge in [-0.1, -0.05) is 18.9 Å². The Morgan fingerprint density at radius 1 is 1.00 bits per heavy atom. The number of aromatic nitrogens is 2. The summed E-state index contributed by atoms with van der Waals surface area (Å²) in [6.45, 7) is 5.69. The molecule has 35 heavy (non-hydrogen) atoms. The number of hydrogen-bond acceptors (Lipinski definition) is 5. The van der Waals surface area contributed by atoms with Crippen LogP contribution in [0.25, 0.3) is 0 Å². The van der Waals surface area contributed by atoms with Crippen LogP contribution in [0.15, 0.2) is 24.3 Å². The third-order valence-corrected chi connectivity index (χ3v) is 8.12. The summed E-state index contributed by atoms with van der Waals surface area (Å²) in [7, 11) is 1.93. The van der Waals surface area contributed by atoms with Crippen molar-refractivity contribution in [1.29, 1.82) is 0 Å². The summed E-state index contributed by atoms with van der Waals surface area (Å²) in [5.74, 6) is 2.25. The summed E-state index contributed by atoms with van der Waals surface area (Å²) in [4.78, 5) is 39.1. The Bertz CT molecular complexity index is 1080. The van der Waals surface area contributed by atoms with Gasteiger partial charge in [0.15, 0.2) is 0 Å². The molecule has 7 nitrogen and oxygen atoms in total. The molecule has 2 fully saturated rings. The van der Waals surface area contributed by atoms with Crippen LogP contribution in [0.2, 0.25) is 0 Å². The second-order valence-electron chi connectivity index (χ2n) is 10.5. The number of nitrogens with zero attached hydrogens (tertiary/aromatic N) is 4. The third-order valence-electron chi connectivity index (χ3n) is 8.12. The first-order valence-electron chi connectivity index (χ1n) is 13.2. The number of carbonyl (C=O) groups excluding carboxylic acids is 2. The van der Waals surface area contributed by atoms with Gasteiger partial charge in [0.25, 0.3) is 5.91 Å². The van der Waals surface area contributed by atoms with Crippen molar-refractivity contribution >= 4 is 17.6 Å². The Morgan fingerprint density at radius 3 is 2.46 bits per heavy atom. The monoisotopic (exact) mass is 475 g/mol. The minimum absolute atomic E-state index is 0.0818. The van der Waals surface area contributed by atoms with Gasteiger partial charge in [-0.3, -0.25) is 9.59 Å². The fourth-order valence-corrected chi connectivity index (χ4v) is 6.09. The third kappa shape index (κ3) is 5.04. The van der Waals surface area contributed by atoms with Crippen LogP contribution in [0, 0.1) is 19.8 Å². The molecule has 5 rings (SSSR count). The molecule has 1 saturated carbocycles. The molecule has 0 radical (unpaired) electrons. The normalized spacial score (nSPS) is 20.7. The molecule has 0 spiro atoms. The van der Waals surface area contributed by atoms with E-state index < -0.39 is 0 Å². The van der Waals surface area contributed by atoms with E-state index in [-0.39, 0.29) is 29.8 Å². The largest absolute Gasteiger partial charge is 0.356 e. The highest BCUT2D eigenvalue weighted by molar-refractivity contribution is 5.94. The van der Waals surface area contributed by atoms with E-state index in [1.807, 2.05) is 37.9 Å². The van der Waals surface area contributed by atoms with E-state index in [9.17, 15) is 9.59 Å². The van der Waals surface area contributed by atoms with Crippen molar-refractivity contribution in [2.24, 2.45) is 5.92 Å². The average molecular weight is 476 g/mol. The van der Waals surface area contributed by atoms with E-state index in [0.29, 0.717) is 0 Å². The lowest BCUT2D eigenvalue weighted by Gasteiger charge is -2.37. The van der Waals surface area contributed by atoms with E-state index in [4.69, 9.17) is 0 Å². The van der Waals surface area contributed by atoms with Gasteiger partial charge in [0.1, 0.15) is 11.6 Å². The van der Waals surface area contributed by atoms with Crippen molar-refractivity contribution in [2.75, 3.05) is 25.0 Å². The number of aryl methyl sites for hydroxylation is 3. The molecule has 1 aromatic carbocycles. The van der Waals surface area contributed by atoms with Gasteiger partial charge in [-0.2, -0.15) is 0 Å². The molecule has 2 aromatic rings. The lowest BCUT2D eigenvalue weighted by Crippen LogP contribution is -2.46. The van der Waals surface area contributed by atoms with Gasteiger partial charge in [0.2, 0.25) is 5.91 Å². The lowest BCUT2D eigenvalue weighted by molar-refractivity contribution is -0.125. The predicted octanol–water partition coefficient (Wildman–Crippen LogP) is 4.13. The molecule has 3 aliphatic rings. The Kier molecular flexibility index (Phi) is 6.76. The zero-order valence-corrected chi connectivity index (χ0v) is 21.2. The number of hydrogen-bond donors (Lipinski definition) is 1. The van der Waals surface area contributed by atoms with E-state index in [1.165, 1.54) is 11.1 Å². The maximum atomic E-state index is 13.3. The van der Waals surface area contributed by atoms with Gasteiger partial charge in [0.05, 0.1) is 6.04 Å². The molecule has 2 amide bonds. The number of fused-ring (bicyclic) bond motifs is 1. The van der Waals surface area contributed by atoms with Gasteiger partial charge in [-0.15, -0.1) is 0 Å². The topological polar surface area (TPSA) is 78.4 Å². The van der Waals surface area contributed by atoms with Crippen molar-refractivity contribution in [3.63, 3.8) is 0 Å². The van der Waals surface area contributed by atoms with Crippen LogP contribution in [0.4, 0.5) is 5.82 Å². The maximum Gasteiger partial charge on any atom is 0.253 e. The highest BCUT2D eigenvalue weighted by Gasteiger charge is 2.31. The number of benzene rings is 1. The first kappa shape index (κ1) is 23.8. The SMILES string of the molecule is Cc1cc(N2CCC(N(C)C(=O)c3ccc4c(c3)CCC4NC(=O)C3CCCC3)CC2)nc(C)n1. The summed E-state index contributed by atoms with van der Waals surface area (Å²) < 4.78 is 0. The molecule has 1 saturated heterocycles. The second kappa shape index (κ2) is 9.96. The smallest absolute Gasteiger partial charge is 0.253 e. The Hall–Kier alpha value is -2.96. The van der Waals surface area contributed by atoms with Gasteiger partial charge in [-0.05, 0) is 75.6 Å². The molecular formula is C28H37N5O2. The van der Waals surface area contributed by atoms with E-state index in [0.717, 1.165) is 87.4 Å². The Labute approximate surface area is 208 Å². The number of carbonyl (C=O) groups is 2. The summed E-state index contributed by atoms with van der Waals surface area (Å²) in [5, 5.41) is 3.28. The number of nitrogens with one attached hydrogen (secondary N) is 1. The molecule has 1 atom stereocenters.